The first kappa shape index (κ1) is 15.6. The van der Waals surface area contributed by atoms with Gasteiger partial charge in [-0.2, -0.15) is 5.10 Å². The molecule has 0 aliphatic rings. The van der Waals surface area contributed by atoms with Crippen molar-refractivity contribution in [3.63, 3.8) is 0 Å². The Labute approximate surface area is 131 Å². The van der Waals surface area contributed by atoms with Crippen LogP contribution in [0, 0.1) is 17.0 Å². The van der Waals surface area contributed by atoms with E-state index in [-0.39, 0.29) is 23.9 Å². The first-order chi connectivity index (χ1) is 9.93. The highest BCUT2D eigenvalue weighted by molar-refractivity contribution is 6.30. The van der Waals surface area contributed by atoms with E-state index in [0.29, 0.717) is 10.7 Å². The summed E-state index contributed by atoms with van der Waals surface area (Å²) in [4.78, 5) is 10.5. The summed E-state index contributed by atoms with van der Waals surface area (Å²) in [6.45, 7) is 1.90. The highest BCUT2D eigenvalue weighted by atomic mass is 35.5. The van der Waals surface area contributed by atoms with Crippen LogP contribution in [0.3, 0.4) is 0 Å². The van der Waals surface area contributed by atoms with Crippen molar-refractivity contribution in [1.82, 2.24) is 9.78 Å². The molecule has 0 atom stereocenters. The number of rotatable bonds is 5. The van der Waals surface area contributed by atoms with Crippen molar-refractivity contribution in [1.29, 1.82) is 0 Å². The Bertz CT molecular complexity index is 686. The van der Waals surface area contributed by atoms with Crippen LogP contribution in [-0.4, -0.2) is 14.7 Å². The van der Waals surface area contributed by atoms with Gasteiger partial charge in [-0.05, 0) is 18.6 Å². The minimum atomic E-state index is -0.495. The van der Waals surface area contributed by atoms with Gasteiger partial charge in [0.2, 0.25) is 0 Å². The van der Waals surface area contributed by atoms with E-state index < -0.39 is 4.92 Å². The number of halogens is 2. The largest absolute Gasteiger partial charge is 0.482 e. The molecule has 0 aliphatic heterocycles. The molecule has 1 heterocycles. The van der Waals surface area contributed by atoms with Crippen molar-refractivity contribution in [2.75, 3.05) is 0 Å². The van der Waals surface area contributed by atoms with E-state index in [1.807, 2.05) is 0 Å². The van der Waals surface area contributed by atoms with Crippen LogP contribution >= 0.6 is 23.2 Å². The van der Waals surface area contributed by atoms with Crippen molar-refractivity contribution in [3.05, 3.63) is 50.3 Å². The average Bonchev–Trinajstić information content (AvgIpc) is 2.69. The van der Waals surface area contributed by atoms with E-state index in [4.69, 9.17) is 27.9 Å². The summed E-state index contributed by atoms with van der Waals surface area (Å²) in [5.41, 5.74) is 2.05. The number of aromatic nitrogens is 2. The predicted octanol–water partition coefficient (Wildman–Crippen LogP) is 3.61. The topological polar surface area (TPSA) is 70.2 Å². The maximum atomic E-state index is 11.0. The number of hydrogen-bond acceptors (Lipinski definition) is 4. The minimum Gasteiger partial charge on any atom is -0.482 e. The molecule has 6 nitrogen and oxygen atoms in total. The monoisotopic (exact) mass is 329 g/mol. The van der Waals surface area contributed by atoms with E-state index in [1.165, 1.54) is 10.7 Å². The van der Waals surface area contributed by atoms with Crippen LogP contribution in [-0.2, 0) is 19.5 Å². The molecule has 0 spiro atoms. The molecule has 1 aromatic carbocycles. The molecule has 0 radical (unpaired) electrons. The summed E-state index contributed by atoms with van der Waals surface area (Å²) in [6, 6.07) is 4.54. The van der Waals surface area contributed by atoms with Gasteiger partial charge in [0, 0.05) is 24.6 Å². The fourth-order valence-corrected chi connectivity index (χ4v) is 2.29. The lowest BCUT2D eigenvalue weighted by atomic mass is 10.2. The van der Waals surface area contributed by atoms with Gasteiger partial charge in [0.1, 0.15) is 11.8 Å². The standard InChI is InChI=1S/C13H13Cl2N3O3/c1-8-10(13(15)17(2)16-8)7-21-12-5-9(6-14)3-4-11(12)18(19)20/h3-5H,6-7H2,1-2H3. The van der Waals surface area contributed by atoms with E-state index in [0.717, 1.165) is 11.3 Å². The van der Waals surface area contributed by atoms with Gasteiger partial charge in [-0.1, -0.05) is 17.7 Å². The number of alkyl halides is 1. The van der Waals surface area contributed by atoms with Crippen LogP contribution < -0.4 is 4.74 Å². The number of aryl methyl sites for hydroxylation is 2. The Morgan fingerprint density at radius 2 is 2.19 bits per heavy atom. The smallest absolute Gasteiger partial charge is 0.310 e. The molecule has 0 bridgehead atoms. The molecule has 1 aromatic heterocycles. The summed E-state index contributed by atoms with van der Waals surface area (Å²) < 4.78 is 7.09. The molecular formula is C13H13Cl2N3O3. The second-order valence-electron chi connectivity index (χ2n) is 4.46. The zero-order valence-electron chi connectivity index (χ0n) is 11.5. The molecule has 0 saturated heterocycles. The van der Waals surface area contributed by atoms with Gasteiger partial charge in [0.15, 0.2) is 5.75 Å². The first-order valence-electron chi connectivity index (χ1n) is 6.08. The van der Waals surface area contributed by atoms with Gasteiger partial charge in [0.25, 0.3) is 0 Å². The van der Waals surface area contributed by atoms with Crippen LogP contribution in [0.25, 0.3) is 0 Å². The fourth-order valence-electron chi connectivity index (χ4n) is 1.90. The van der Waals surface area contributed by atoms with Crippen LogP contribution in [0.5, 0.6) is 5.75 Å². The molecule has 2 aromatic rings. The zero-order chi connectivity index (χ0) is 15.6. The summed E-state index contributed by atoms with van der Waals surface area (Å²) in [5, 5.41) is 15.6. The summed E-state index contributed by atoms with van der Waals surface area (Å²) >= 11 is 11.8. The van der Waals surface area contributed by atoms with Crippen molar-refractivity contribution in [2.24, 2.45) is 7.05 Å². The number of hydrogen-bond donors (Lipinski definition) is 0. The highest BCUT2D eigenvalue weighted by Crippen LogP contribution is 2.30. The molecule has 21 heavy (non-hydrogen) atoms. The second kappa shape index (κ2) is 6.32. The molecule has 0 saturated carbocycles. The van der Waals surface area contributed by atoms with Gasteiger partial charge < -0.3 is 4.74 Å². The van der Waals surface area contributed by atoms with Crippen molar-refractivity contribution >= 4 is 28.9 Å². The Hall–Kier alpha value is -1.79. The minimum absolute atomic E-state index is 0.102. The normalized spacial score (nSPS) is 10.7. The van der Waals surface area contributed by atoms with Crippen LogP contribution in [0.4, 0.5) is 5.69 Å². The van der Waals surface area contributed by atoms with Gasteiger partial charge in [-0.15, -0.1) is 11.6 Å². The molecule has 0 unspecified atom stereocenters. The fraction of sp³-hybridized carbons (Fsp3) is 0.308. The molecule has 0 N–H and O–H groups in total. The van der Waals surface area contributed by atoms with Crippen LogP contribution in [0.15, 0.2) is 18.2 Å². The van der Waals surface area contributed by atoms with Gasteiger partial charge in [-0.25, -0.2) is 0 Å². The molecular weight excluding hydrogens is 317 g/mol. The number of ether oxygens (including phenoxy) is 1. The molecule has 2 rings (SSSR count). The number of nitrogens with zero attached hydrogens (tertiary/aromatic N) is 3. The Kier molecular flexibility index (Phi) is 4.69. The highest BCUT2D eigenvalue weighted by Gasteiger charge is 2.18. The van der Waals surface area contributed by atoms with Crippen molar-refractivity contribution < 1.29 is 9.66 Å². The van der Waals surface area contributed by atoms with Crippen molar-refractivity contribution in [2.45, 2.75) is 19.4 Å². The molecule has 112 valence electrons. The van der Waals surface area contributed by atoms with E-state index in [2.05, 4.69) is 5.10 Å². The summed E-state index contributed by atoms with van der Waals surface area (Å²) in [7, 11) is 1.72. The van der Waals surface area contributed by atoms with E-state index >= 15 is 0 Å². The number of benzene rings is 1. The summed E-state index contributed by atoms with van der Waals surface area (Å²) in [6.07, 6.45) is 0. The van der Waals surface area contributed by atoms with E-state index in [1.54, 1.807) is 26.1 Å². The first-order valence-corrected chi connectivity index (χ1v) is 6.99. The van der Waals surface area contributed by atoms with Gasteiger partial charge in [0.05, 0.1) is 10.6 Å². The average molecular weight is 330 g/mol. The van der Waals surface area contributed by atoms with Crippen molar-refractivity contribution in [3.8, 4) is 5.75 Å². The molecule has 0 fully saturated rings. The molecule has 8 heteroatoms. The maximum Gasteiger partial charge on any atom is 0.310 e. The van der Waals surface area contributed by atoms with Gasteiger partial charge in [-0.3, -0.25) is 14.8 Å². The zero-order valence-corrected chi connectivity index (χ0v) is 13.0. The Morgan fingerprint density at radius 1 is 1.48 bits per heavy atom. The molecule has 0 aliphatic carbocycles. The number of nitro groups is 1. The molecule has 0 amide bonds. The van der Waals surface area contributed by atoms with E-state index in [9.17, 15) is 10.1 Å². The van der Waals surface area contributed by atoms with Gasteiger partial charge >= 0.3 is 5.69 Å². The quantitative estimate of drug-likeness (QED) is 0.477. The van der Waals surface area contributed by atoms with Crippen LogP contribution in [0.2, 0.25) is 5.15 Å². The SMILES string of the molecule is Cc1nn(C)c(Cl)c1COc1cc(CCl)ccc1[N+](=O)[O-]. The lowest BCUT2D eigenvalue weighted by Gasteiger charge is -2.08. The third-order valence-corrected chi connectivity index (χ3v) is 3.80. The Morgan fingerprint density at radius 3 is 2.71 bits per heavy atom. The lowest BCUT2D eigenvalue weighted by molar-refractivity contribution is -0.386. The predicted molar refractivity (Wildman–Crippen MR) is 79.9 cm³/mol. The Balaban J connectivity index is 2.28. The summed E-state index contributed by atoms with van der Waals surface area (Å²) in [5.74, 6) is 0.415. The lowest BCUT2D eigenvalue weighted by Crippen LogP contribution is -2.01. The second-order valence-corrected chi connectivity index (χ2v) is 5.09. The third kappa shape index (κ3) is 3.28. The number of nitro benzene ring substituents is 1. The third-order valence-electron chi connectivity index (χ3n) is 3.02. The maximum absolute atomic E-state index is 11.0. The van der Waals surface area contributed by atoms with Crippen LogP contribution in [0.1, 0.15) is 16.8 Å².